The minimum Gasteiger partial charge on any atom is -0.350 e. The van der Waals surface area contributed by atoms with Crippen LogP contribution in [0.5, 0.6) is 0 Å². The highest BCUT2D eigenvalue weighted by Gasteiger charge is 1.96. The SMILES string of the molecule is CC(=O)/C(C)=N\NC(N)=O. The molecule has 0 unspecified atom stereocenters. The van der Waals surface area contributed by atoms with Crippen LogP contribution in [-0.2, 0) is 4.79 Å². The van der Waals surface area contributed by atoms with Crippen LogP contribution in [-0.4, -0.2) is 17.5 Å². The molecule has 0 saturated heterocycles. The first kappa shape index (κ1) is 8.61. The second-order valence-electron chi connectivity index (χ2n) is 1.73. The number of nitrogens with zero attached hydrogens (tertiary/aromatic N) is 1. The van der Waals surface area contributed by atoms with Gasteiger partial charge in [0, 0.05) is 6.92 Å². The first-order valence-electron chi connectivity index (χ1n) is 2.64. The fraction of sp³-hybridized carbons (Fsp3) is 0.400. The summed E-state index contributed by atoms with van der Waals surface area (Å²) in [5.41, 5.74) is 6.83. The molecular weight excluding hydrogens is 134 g/mol. The highest BCUT2D eigenvalue weighted by molar-refractivity contribution is 6.38. The van der Waals surface area contributed by atoms with Crippen molar-refractivity contribution in [2.45, 2.75) is 13.8 Å². The maximum Gasteiger partial charge on any atom is 0.332 e. The number of Topliss-reactive ketones (excluding diaryl/α,β-unsaturated/α-hetero) is 1. The molecule has 0 spiro atoms. The number of ketones is 1. The predicted molar refractivity (Wildman–Crippen MR) is 36.5 cm³/mol. The summed E-state index contributed by atoms with van der Waals surface area (Å²) < 4.78 is 0. The van der Waals surface area contributed by atoms with Crippen LogP contribution < -0.4 is 11.2 Å². The van der Waals surface area contributed by atoms with E-state index in [9.17, 15) is 9.59 Å². The van der Waals surface area contributed by atoms with Gasteiger partial charge in [-0.2, -0.15) is 5.10 Å². The van der Waals surface area contributed by atoms with Gasteiger partial charge in [-0.1, -0.05) is 0 Å². The summed E-state index contributed by atoms with van der Waals surface area (Å²) in [6.45, 7) is 2.83. The maximum absolute atomic E-state index is 10.4. The van der Waals surface area contributed by atoms with Crippen molar-refractivity contribution in [1.29, 1.82) is 0 Å². The van der Waals surface area contributed by atoms with Gasteiger partial charge in [0.05, 0.1) is 0 Å². The fourth-order valence-corrected chi connectivity index (χ4v) is 0.218. The molecule has 10 heavy (non-hydrogen) atoms. The molecular formula is C5H9N3O2. The van der Waals surface area contributed by atoms with Gasteiger partial charge in [-0.25, -0.2) is 10.2 Å². The lowest BCUT2D eigenvalue weighted by molar-refractivity contribution is -0.111. The summed E-state index contributed by atoms with van der Waals surface area (Å²) in [7, 11) is 0. The molecule has 5 nitrogen and oxygen atoms in total. The fourth-order valence-electron chi connectivity index (χ4n) is 0.218. The van der Waals surface area contributed by atoms with Crippen molar-refractivity contribution >= 4 is 17.5 Å². The van der Waals surface area contributed by atoms with E-state index in [0.717, 1.165) is 0 Å². The van der Waals surface area contributed by atoms with Gasteiger partial charge in [-0.15, -0.1) is 0 Å². The van der Waals surface area contributed by atoms with Crippen LogP contribution in [0.4, 0.5) is 4.79 Å². The zero-order valence-corrected chi connectivity index (χ0v) is 5.84. The van der Waals surface area contributed by atoms with E-state index in [1.165, 1.54) is 13.8 Å². The lowest BCUT2D eigenvalue weighted by atomic mass is 10.3. The summed E-state index contributed by atoms with van der Waals surface area (Å²) in [6, 6.07) is -0.777. The number of carbonyl (C=O) groups is 2. The van der Waals surface area contributed by atoms with Gasteiger partial charge >= 0.3 is 6.03 Å². The van der Waals surface area contributed by atoms with Crippen LogP contribution in [0.25, 0.3) is 0 Å². The number of urea groups is 1. The van der Waals surface area contributed by atoms with Crippen LogP contribution in [0.2, 0.25) is 0 Å². The van der Waals surface area contributed by atoms with Gasteiger partial charge in [-0.3, -0.25) is 4.79 Å². The second-order valence-corrected chi connectivity index (χ2v) is 1.73. The molecule has 0 radical (unpaired) electrons. The topological polar surface area (TPSA) is 84.6 Å². The van der Waals surface area contributed by atoms with E-state index in [1.807, 2.05) is 5.43 Å². The van der Waals surface area contributed by atoms with Crippen molar-refractivity contribution in [1.82, 2.24) is 5.43 Å². The van der Waals surface area contributed by atoms with Crippen molar-refractivity contribution in [2.75, 3.05) is 0 Å². The minimum atomic E-state index is -0.777. The van der Waals surface area contributed by atoms with E-state index in [0.29, 0.717) is 0 Å². The molecule has 2 amide bonds. The highest BCUT2D eigenvalue weighted by atomic mass is 16.2. The van der Waals surface area contributed by atoms with Gasteiger partial charge in [0.25, 0.3) is 0 Å². The molecule has 0 atom stereocenters. The average molecular weight is 143 g/mol. The van der Waals surface area contributed by atoms with Crippen LogP contribution in [0.3, 0.4) is 0 Å². The molecule has 0 heterocycles. The Hall–Kier alpha value is -1.39. The Labute approximate surface area is 58.3 Å². The predicted octanol–water partition coefficient (Wildman–Crippen LogP) is -0.380. The van der Waals surface area contributed by atoms with Gasteiger partial charge in [0.2, 0.25) is 0 Å². The molecule has 0 aliphatic carbocycles. The minimum absolute atomic E-state index is 0.200. The molecule has 0 rings (SSSR count). The number of hydrazone groups is 1. The lowest BCUT2D eigenvalue weighted by Gasteiger charge is -1.93. The Balaban J connectivity index is 3.92. The number of amides is 2. The normalized spacial score (nSPS) is 10.8. The summed E-state index contributed by atoms with van der Waals surface area (Å²) in [4.78, 5) is 20.5. The van der Waals surface area contributed by atoms with Crippen LogP contribution in [0.1, 0.15) is 13.8 Å². The van der Waals surface area contributed by atoms with E-state index in [2.05, 4.69) is 10.8 Å². The van der Waals surface area contributed by atoms with Gasteiger partial charge in [0.1, 0.15) is 5.71 Å². The van der Waals surface area contributed by atoms with E-state index >= 15 is 0 Å². The third kappa shape index (κ3) is 3.59. The molecule has 56 valence electrons. The largest absolute Gasteiger partial charge is 0.350 e. The number of rotatable bonds is 2. The molecule has 5 heteroatoms. The van der Waals surface area contributed by atoms with Crippen LogP contribution in [0, 0.1) is 0 Å². The van der Waals surface area contributed by atoms with Gasteiger partial charge in [-0.05, 0) is 6.92 Å². The van der Waals surface area contributed by atoms with Crippen molar-refractivity contribution in [3.05, 3.63) is 0 Å². The second kappa shape index (κ2) is 3.60. The van der Waals surface area contributed by atoms with Crippen molar-refractivity contribution in [2.24, 2.45) is 10.8 Å². The summed E-state index contributed by atoms with van der Waals surface area (Å²) >= 11 is 0. The van der Waals surface area contributed by atoms with E-state index < -0.39 is 6.03 Å². The average Bonchev–Trinajstić information content (AvgIpc) is 1.82. The molecule has 0 aliphatic heterocycles. The highest BCUT2D eigenvalue weighted by Crippen LogP contribution is 1.75. The first-order valence-corrected chi connectivity index (χ1v) is 2.64. The Morgan fingerprint density at radius 3 is 2.20 bits per heavy atom. The number of hydrogen-bond donors (Lipinski definition) is 2. The third-order valence-corrected chi connectivity index (χ3v) is 0.843. The molecule has 0 aromatic heterocycles. The number of nitrogens with two attached hydrogens (primary N) is 1. The smallest absolute Gasteiger partial charge is 0.332 e. The Kier molecular flexibility index (Phi) is 3.10. The molecule has 0 aliphatic rings. The molecule has 0 bridgehead atoms. The van der Waals surface area contributed by atoms with Crippen molar-refractivity contribution in [3.63, 3.8) is 0 Å². The number of primary amides is 1. The zero-order chi connectivity index (χ0) is 8.15. The number of nitrogens with one attached hydrogen (secondary N) is 1. The van der Waals surface area contributed by atoms with Crippen LogP contribution in [0.15, 0.2) is 5.10 Å². The van der Waals surface area contributed by atoms with Crippen LogP contribution >= 0.6 is 0 Å². The summed E-state index contributed by atoms with van der Waals surface area (Å²) in [5.74, 6) is -0.200. The van der Waals surface area contributed by atoms with E-state index in [4.69, 9.17) is 0 Å². The first-order chi connectivity index (χ1) is 4.54. The molecule has 0 fully saturated rings. The number of carbonyl (C=O) groups excluding carboxylic acids is 2. The maximum atomic E-state index is 10.4. The van der Waals surface area contributed by atoms with Crippen molar-refractivity contribution < 1.29 is 9.59 Å². The zero-order valence-electron chi connectivity index (χ0n) is 5.84. The monoisotopic (exact) mass is 143 g/mol. The van der Waals surface area contributed by atoms with Gasteiger partial charge < -0.3 is 5.73 Å². The van der Waals surface area contributed by atoms with E-state index in [-0.39, 0.29) is 11.5 Å². The standard InChI is InChI=1S/C5H9N3O2/c1-3(4(2)9)7-8-5(6)10/h1-2H3,(H3,6,8,10)/b7-3-. The molecule has 0 aromatic rings. The Bertz CT molecular complexity index is 185. The van der Waals surface area contributed by atoms with Crippen molar-refractivity contribution in [3.8, 4) is 0 Å². The molecule has 0 aromatic carbocycles. The van der Waals surface area contributed by atoms with Gasteiger partial charge in [0.15, 0.2) is 5.78 Å². The Morgan fingerprint density at radius 1 is 1.40 bits per heavy atom. The Morgan fingerprint density at radius 2 is 1.90 bits per heavy atom. The third-order valence-electron chi connectivity index (χ3n) is 0.843. The molecule has 0 saturated carbocycles. The quantitative estimate of drug-likeness (QED) is 0.408. The summed E-state index contributed by atoms with van der Waals surface area (Å²) in [5, 5.41) is 3.37. The molecule has 3 N–H and O–H groups in total. The van der Waals surface area contributed by atoms with E-state index in [1.54, 1.807) is 0 Å². The summed E-state index contributed by atoms with van der Waals surface area (Å²) in [6.07, 6.45) is 0. The lowest BCUT2D eigenvalue weighted by Crippen LogP contribution is -2.26. The number of hydrogen-bond acceptors (Lipinski definition) is 3.